The Morgan fingerprint density at radius 1 is 1.27 bits per heavy atom. The molecule has 0 aromatic heterocycles. The van der Waals surface area contributed by atoms with E-state index in [0.717, 1.165) is 5.56 Å². The van der Waals surface area contributed by atoms with E-state index in [2.05, 4.69) is 6.07 Å². The van der Waals surface area contributed by atoms with Crippen molar-refractivity contribution in [2.75, 3.05) is 0 Å². The zero-order valence-corrected chi connectivity index (χ0v) is 5.99. The fourth-order valence-electron chi connectivity index (χ4n) is 1.000. The zero-order chi connectivity index (χ0) is 8.27. The molecule has 2 rings (SSSR count). The average Bonchev–Trinajstić information content (AvgIpc) is 1.96. The molecule has 3 N–H and O–H groups in total. The number of benzene rings is 1. The SMILES string of the molecule is OBO.OCc1cc2ccc1-2. The minimum atomic E-state index is -0.750. The minimum Gasteiger partial charge on any atom is -0.430 e. The molecule has 0 amide bonds. The summed E-state index contributed by atoms with van der Waals surface area (Å²) in [6.45, 7) is 0.198. The van der Waals surface area contributed by atoms with Crippen molar-refractivity contribution in [2.45, 2.75) is 6.61 Å². The van der Waals surface area contributed by atoms with Crippen LogP contribution in [-0.2, 0) is 6.61 Å². The van der Waals surface area contributed by atoms with Crippen LogP contribution in [0.2, 0.25) is 0 Å². The predicted molar refractivity (Wildman–Crippen MR) is 42.9 cm³/mol. The summed E-state index contributed by atoms with van der Waals surface area (Å²) in [7, 11) is -0.750. The average molecular weight is 152 g/mol. The van der Waals surface area contributed by atoms with Gasteiger partial charge in [-0.1, -0.05) is 12.1 Å². The molecule has 0 aromatic carbocycles. The molecule has 2 aliphatic rings. The van der Waals surface area contributed by atoms with Crippen LogP contribution in [0.5, 0.6) is 0 Å². The molecule has 0 aromatic rings. The highest BCUT2D eigenvalue weighted by Gasteiger charge is 2.14. The first-order valence-corrected chi connectivity index (χ1v) is 3.29. The highest BCUT2D eigenvalue weighted by atomic mass is 16.4. The summed E-state index contributed by atoms with van der Waals surface area (Å²) >= 11 is 0. The van der Waals surface area contributed by atoms with Gasteiger partial charge in [-0.05, 0) is 22.8 Å². The van der Waals surface area contributed by atoms with E-state index < -0.39 is 7.69 Å². The van der Waals surface area contributed by atoms with E-state index in [-0.39, 0.29) is 6.61 Å². The Morgan fingerprint density at radius 3 is 2.00 bits per heavy atom. The molecule has 11 heavy (non-hydrogen) atoms. The van der Waals surface area contributed by atoms with E-state index in [4.69, 9.17) is 15.2 Å². The summed E-state index contributed by atoms with van der Waals surface area (Å²) in [5.41, 5.74) is 3.64. The van der Waals surface area contributed by atoms with Crippen molar-refractivity contribution in [1.29, 1.82) is 0 Å². The van der Waals surface area contributed by atoms with Crippen molar-refractivity contribution in [2.24, 2.45) is 0 Å². The van der Waals surface area contributed by atoms with E-state index in [1.165, 1.54) is 11.1 Å². The van der Waals surface area contributed by atoms with Gasteiger partial charge in [-0.3, -0.25) is 0 Å². The van der Waals surface area contributed by atoms with E-state index in [1.807, 2.05) is 12.1 Å². The molecule has 0 bridgehead atoms. The van der Waals surface area contributed by atoms with Gasteiger partial charge in [-0.25, -0.2) is 0 Å². The van der Waals surface area contributed by atoms with Crippen molar-refractivity contribution in [1.82, 2.24) is 0 Å². The Balaban J connectivity index is 0.000000179. The van der Waals surface area contributed by atoms with E-state index >= 15 is 0 Å². The lowest BCUT2D eigenvalue weighted by Gasteiger charge is -2.18. The van der Waals surface area contributed by atoms with Crippen LogP contribution in [-0.4, -0.2) is 22.8 Å². The Hall–Kier alpha value is -0.835. The van der Waals surface area contributed by atoms with Gasteiger partial charge in [-0.15, -0.1) is 0 Å². The van der Waals surface area contributed by atoms with Crippen molar-refractivity contribution in [3.8, 4) is 11.1 Å². The molecule has 58 valence electrons. The van der Waals surface area contributed by atoms with Crippen molar-refractivity contribution in [3.05, 3.63) is 23.8 Å². The fourth-order valence-corrected chi connectivity index (χ4v) is 1.000. The summed E-state index contributed by atoms with van der Waals surface area (Å²) in [6, 6.07) is 6.09. The Labute approximate surface area is 65.2 Å². The van der Waals surface area contributed by atoms with Crippen LogP contribution in [0.15, 0.2) is 18.2 Å². The third-order valence-corrected chi connectivity index (χ3v) is 1.59. The van der Waals surface area contributed by atoms with E-state index in [0.29, 0.717) is 0 Å². The zero-order valence-electron chi connectivity index (χ0n) is 5.99. The molecule has 0 radical (unpaired) electrons. The number of aliphatic hydroxyl groups is 1. The second-order valence-corrected chi connectivity index (χ2v) is 2.17. The molecule has 0 atom stereocenters. The molecule has 4 heteroatoms. The maximum Gasteiger partial charge on any atom is 0.432 e. The molecule has 0 unspecified atom stereocenters. The second-order valence-electron chi connectivity index (χ2n) is 2.17. The molecule has 2 aliphatic carbocycles. The van der Waals surface area contributed by atoms with Crippen LogP contribution in [0.1, 0.15) is 5.56 Å². The van der Waals surface area contributed by atoms with Crippen molar-refractivity contribution in [3.63, 3.8) is 0 Å². The lowest BCUT2D eigenvalue weighted by molar-refractivity contribution is 0.281. The maximum atomic E-state index is 8.57. The monoisotopic (exact) mass is 152 g/mol. The minimum absolute atomic E-state index is 0.198. The number of fused-ring (bicyclic) bond motifs is 1. The molecule has 0 heterocycles. The van der Waals surface area contributed by atoms with Crippen LogP contribution in [0.25, 0.3) is 11.1 Å². The van der Waals surface area contributed by atoms with Gasteiger partial charge >= 0.3 is 7.69 Å². The first kappa shape index (κ1) is 8.26. The molecule has 0 spiro atoms. The lowest BCUT2D eigenvalue weighted by atomic mass is 9.87. The Kier molecular flexibility index (Phi) is 2.65. The maximum absolute atomic E-state index is 8.57. The molecule has 3 nitrogen and oxygen atoms in total. The third kappa shape index (κ3) is 1.43. The number of aliphatic hydroxyl groups excluding tert-OH is 1. The third-order valence-electron chi connectivity index (χ3n) is 1.59. The van der Waals surface area contributed by atoms with Crippen LogP contribution in [0, 0.1) is 0 Å². The Morgan fingerprint density at radius 2 is 1.91 bits per heavy atom. The van der Waals surface area contributed by atoms with Gasteiger partial charge < -0.3 is 15.2 Å². The highest BCUT2D eigenvalue weighted by molar-refractivity contribution is 6.13. The normalized spacial score (nSPS) is 9.73. The van der Waals surface area contributed by atoms with Gasteiger partial charge in [0.05, 0.1) is 6.61 Å². The standard InChI is InChI=1S/C7H6O.BH3O2/c8-4-6-3-5-1-2-7(5)6;2-1-3/h1-3,8H,4H2;1-3H. The van der Waals surface area contributed by atoms with Gasteiger partial charge in [0.1, 0.15) is 0 Å². The van der Waals surface area contributed by atoms with Crippen molar-refractivity contribution < 1.29 is 15.2 Å². The summed E-state index contributed by atoms with van der Waals surface area (Å²) < 4.78 is 0. The summed E-state index contributed by atoms with van der Waals surface area (Å²) in [5, 5.41) is 22.8. The van der Waals surface area contributed by atoms with Crippen molar-refractivity contribution >= 4 is 7.69 Å². The topological polar surface area (TPSA) is 60.7 Å². The molecule has 0 aliphatic heterocycles. The first-order valence-electron chi connectivity index (χ1n) is 3.29. The van der Waals surface area contributed by atoms with Crippen LogP contribution in [0.4, 0.5) is 0 Å². The number of hydrogen-bond acceptors (Lipinski definition) is 3. The van der Waals surface area contributed by atoms with Gasteiger partial charge in [0, 0.05) is 0 Å². The fraction of sp³-hybridized carbons (Fsp3) is 0.143. The van der Waals surface area contributed by atoms with E-state index in [9.17, 15) is 0 Å². The molecule has 0 saturated heterocycles. The van der Waals surface area contributed by atoms with Crippen LogP contribution >= 0.6 is 0 Å². The van der Waals surface area contributed by atoms with Gasteiger partial charge in [0.25, 0.3) is 0 Å². The lowest BCUT2D eigenvalue weighted by Crippen LogP contribution is -1.98. The van der Waals surface area contributed by atoms with E-state index in [1.54, 1.807) is 0 Å². The summed E-state index contributed by atoms with van der Waals surface area (Å²) in [6.07, 6.45) is 0. The Bertz CT molecular complexity index is 249. The summed E-state index contributed by atoms with van der Waals surface area (Å²) in [5.74, 6) is 0. The quantitative estimate of drug-likeness (QED) is 0.478. The van der Waals surface area contributed by atoms with Gasteiger partial charge in [-0.2, -0.15) is 0 Å². The van der Waals surface area contributed by atoms with Gasteiger partial charge in [0.15, 0.2) is 0 Å². The molecule has 0 fully saturated rings. The molecule has 0 saturated carbocycles. The second kappa shape index (κ2) is 3.53. The largest absolute Gasteiger partial charge is 0.432 e. The molecular formula is C7H9BO3. The number of rotatable bonds is 1. The molecular weight excluding hydrogens is 143 g/mol. The summed E-state index contributed by atoms with van der Waals surface area (Å²) in [4.78, 5) is 0. The highest BCUT2D eigenvalue weighted by Crippen LogP contribution is 2.35. The van der Waals surface area contributed by atoms with Gasteiger partial charge in [0.2, 0.25) is 0 Å². The smallest absolute Gasteiger partial charge is 0.430 e. The first-order chi connectivity index (χ1) is 5.33. The number of hydrogen-bond donors (Lipinski definition) is 3. The van der Waals surface area contributed by atoms with Crippen LogP contribution < -0.4 is 0 Å². The predicted octanol–water partition coefficient (Wildman–Crippen LogP) is -0.603. The van der Waals surface area contributed by atoms with Crippen LogP contribution in [0.3, 0.4) is 0 Å².